The Balaban J connectivity index is 1.35. The highest BCUT2D eigenvalue weighted by atomic mass is 32.2. The van der Waals surface area contributed by atoms with Gasteiger partial charge in [-0.05, 0) is 55.0 Å². The molecule has 0 amide bonds. The fourth-order valence-electron chi connectivity index (χ4n) is 5.85. The highest BCUT2D eigenvalue weighted by molar-refractivity contribution is 7.99. The van der Waals surface area contributed by atoms with E-state index in [1.54, 1.807) is 24.2 Å². The summed E-state index contributed by atoms with van der Waals surface area (Å²) >= 11 is 1.54. The van der Waals surface area contributed by atoms with Crippen LogP contribution in [0.4, 0.5) is 5.82 Å². The maximum absolute atomic E-state index is 5.14. The third-order valence-electron chi connectivity index (χ3n) is 7.67. The number of nitrogens with one attached hydrogen (secondary N) is 1. The Morgan fingerprint density at radius 1 is 1.03 bits per heavy atom. The van der Waals surface area contributed by atoms with Crippen molar-refractivity contribution >= 4 is 39.8 Å². The lowest BCUT2D eigenvalue weighted by Crippen LogP contribution is -2.25. The third kappa shape index (κ3) is 4.02. The quantitative estimate of drug-likeness (QED) is 0.371. The van der Waals surface area contributed by atoms with Crippen LogP contribution in [0.15, 0.2) is 34.7 Å². The molecule has 6 rings (SSSR count). The molecule has 7 nitrogen and oxygen atoms in total. The molecule has 176 valence electrons. The largest absolute Gasteiger partial charge is 0.356 e. The molecular formula is C26H31N7S. The average Bonchev–Trinajstić information content (AvgIpc) is 3.49. The molecule has 0 aromatic carbocycles. The van der Waals surface area contributed by atoms with Crippen molar-refractivity contribution in [2.24, 2.45) is 11.8 Å². The molecule has 4 aromatic rings. The Kier molecular flexibility index (Phi) is 5.85. The number of aromatic amines is 1. The molecule has 5 heterocycles. The minimum atomic E-state index is 0.655. The van der Waals surface area contributed by atoms with E-state index in [-0.39, 0.29) is 0 Å². The maximum Gasteiger partial charge on any atom is 0.196 e. The van der Waals surface area contributed by atoms with E-state index in [4.69, 9.17) is 9.97 Å². The Morgan fingerprint density at radius 3 is 2.74 bits per heavy atom. The number of hydrogen-bond acceptors (Lipinski definition) is 7. The summed E-state index contributed by atoms with van der Waals surface area (Å²) in [6.45, 7) is 6.59. The first-order chi connectivity index (χ1) is 16.7. The van der Waals surface area contributed by atoms with Gasteiger partial charge in [-0.25, -0.2) is 19.9 Å². The van der Waals surface area contributed by atoms with Crippen LogP contribution in [-0.4, -0.2) is 43.0 Å². The minimum absolute atomic E-state index is 0.655. The topological polar surface area (TPSA) is 83.5 Å². The van der Waals surface area contributed by atoms with Gasteiger partial charge in [-0.2, -0.15) is 0 Å². The number of rotatable bonds is 5. The number of pyridine rings is 1. The fourth-order valence-corrected chi connectivity index (χ4v) is 6.61. The summed E-state index contributed by atoms with van der Waals surface area (Å²) in [5.41, 5.74) is 4.91. The van der Waals surface area contributed by atoms with Crippen LogP contribution in [0.2, 0.25) is 0 Å². The molecule has 2 aliphatic rings. The van der Waals surface area contributed by atoms with Crippen molar-refractivity contribution in [3.63, 3.8) is 0 Å². The summed E-state index contributed by atoms with van der Waals surface area (Å²) in [4.78, 5) is 30.3. The average molecular weight is 474 g/mol. The van der Waals surface area contributed by atoms with Gasteiger partial charge in [-0.3, -0.25) is 4.98 Å². The molecule has 2 fully saturated rings. The predicted molar refractivity (Wildman–Crippen MR) is 136 cm³/mol. The first kappa shape index (κ1) is 21.8. The zero-order valence-corrected chi connectivity index (χ0v) is 20.7. The number of aromatic nitrogens is 6. The van der Waals surface area contributed by atoms with Crippen LogP contribution in [0.25, 0.3) is 22.2 Å². The van der Waals surface area contributed by atoms with E-state index in [1.807, 2.05) is 12.3 Å². The van der Waals surface area contributed by atoms with Crippen LogP contribution in [0.1, 0.15) is 56.7 Å². The van der Waals surface area contributed by atoms with Gasteiger partial charge in [-0.1, -0.05) is 39.0 Å². The SMILES string of the molecule is CCc1[nH]c2nc(Sc3cnc4nccnc4c3)nc(N3CCC(C4CCCCC4)C3)c2c1C. The first-order valence-electron chi connectivity index (χ1n) is 12.6. The van der Waals surface area contributed by atoms with E-state index < -0.39 is 0 Å². The molecule has 0 radical (unpaired) electrons. The highest BCUT2D eigenvalue weighted by Crippen LogP contribution is 2.39. The van der Waals surface area contributed by atoms with Gasteiger partial charge >= 0.3 is 0 Å². The molecule has 1 aliphatic carbocycles. The lowest BCUT2D eigenvalue weighted by molar-refractivity contribution is 0.264. The van der Waals surface area contributed by atoms with Crippen LogP contribution < -0.4 is 4.90 Å². The van der Waals surface area contributed by atoms with Crippen molar-refractivity contribution < 1.29 is 0 Å². The van der Waals surface area contributed by atoms with Crippen molar-refractivity contribution in [3.05, 3.63) is 35.9 Å². The van der Waals surface area contributed by atoms with E-state index in [1.165, 1.54) is 55.2 Å². The van der Waals surface area contributed by atoms with Gasteiger partial charge in [0.1, 0.15) is 17.0 Å². The van der Waals surface area contributed by atoms with Crippen molar-refractivity contribution in [1.29, 1.82) is 0 Å². The number of aryl methyl sites for hydroxylation is 2. The molecule has 1 saturated carbocycles. The second-order valence-corrected chi connectivity index (χ2v) is 10.7. The Bertz CT molecular complexity index is 1330. The monoisotopic (exact) mass is 473 g/mol. The number of anilines is 1. The van der Waals surface area contributed by atoms with Gasteiger partial charge in [-0.15, -0.1) is 0 Å². The summed E-state index contributed by atoms with van der Waals surface area (Å²) in [5, 5.41) is 1.94. The van der Waals surface area contributed by atoms with Crippen LogP contribution in [0.3, 0.4) is 0 Å². The smallest absolute Gasteiger partial charge is 0.196 e. The Morgan fingerprint density at radius 2 is 1.88 bits per heavy atom. The number of nitrogens with zero attached hydrogens (tertiary/aromatic N) is 6. The molecule has 0 bridgehead atoms. The van der Waals surface area contributed by atoms with Gasteiger partial charge in [0.15, 0.2) is 10.8 Å². The molecule has 34 heavy (non-hydrogen) atoms. The molecular weight excluding hydrogens is 442 g/mol. The standard InChI is InChI=1S/C26H31N7S/c1-3-20-16(2)22-24(30-20)31-26(34-19-13-21-23(29-14-19)28-11-10-27-21)32-25(22)33-12-9-18(15-33)17-7-5-4-6-8-17/h10-11,13-14,17-18H,3-9,12,15H2,1-2H3,(H,30,31,32). The first-order valence-corrected chi connectivity index (χ1v) is 13.4. The summed E-state index contributed by atoms with van der Waals surface area (Å²) < 4.78 is 0. The van der Waals surface area contributed by atoms with E-state index in [0.717, 1.165) is 58.4 Å². The normalized spacial score (nSPS) is 19.5. The van der Waals surface area contributed by atoms with Gasteiger partial charge in [0.25, 0.3) is 0 Å². The van der Waals surface area contributed by atoms with Crippen molar-refractivity contribution in [2.45, 2.75) is 68.8 Å². The van der Waals surface area contributed by atoms with Crippen LogP contribution in [0, 0.1) is 18.8 Å². The van der Waals surface area contributed by atoms with Crippen LogP contribution in [0.5, 0.6) is 0 Å². The second kappa shape index (κ2) is 9.13. The van der Waals surface area contributed by atoms with E-state index >= 15 is 0 Å². The van der Waals surface area contributed by atoms with Gasteiger partial charge in [0.2, 0.25) is 0 Å². The fraction of sp³-hybridized carbons (Fsp3) is 0.500. The molecule has 1 unspecified atom stereocenters. The third-order valence-corrected chi connectivity index (χ3v) is 8.49. The van der Waals surface area contributed by atoms with Gasteiger partial charge in [0.05, 0.1) is 5.39 Å². The molecule has 1 aliphatic heterocycles. The molecule has 1 atom stereocenters. The van der Waals surface area contributed by atoms with Crippen molar-refractivity contribution in [2.75, 3.05) is 18.0 Å². The van der Waals surface area contributed by atoms with Crippen molar-refractivity contribution in [1.82, 2.24) is 29.9 Å². The number of hydrogen-bond donors (Lipinski definition) is 1. The van der Waals surface area contributed by atoms with Gasteiger partial charge < -0.3 is 9.88 Å². The highest BCUT2D eigenvalue weighted by Gasteiger charge is 2.32. The second-order valence-electron chi connectivity index (χ2n) is 9.70. The lowest BCUT2D eigenvalue weighted by Gasteiger charge is -2.27. The maximum atomic E-state index is 5.14. The molecule has 4 aromatic heterocycles. The van der Waals surface area contributed by atoms with Crippen LogP contribution in [-0.2, 0) is 6.42 Å². The van der Waals surface area contributed by atoms with Crippen LogP contribution >= 0.6 is 11.8 Å². The number of H-pyrrole nitrogens is 1. The Labute approximate surface area is 204 Å². The predicted octanol–water partition coefficient (Wildman–Crippen LogP) is 5.72. The van der Waals surface area contributed by atoms with Crippen molar-refractivity contribution in [3.8, 4) is 0 Å². The van der Waals surface area contributed by atoms with E-state index in [2.05, 4.69) is 38.7 Å². The molecule has 1 saturated heterocycles. The zero-order chi connectivity index (χ0) is 23.1. The van der Waals surface area contributed by atoms with E-state index in [9.17, 15) is 0 Å². The summed E-state index contributed by atoms with van der Waals surface area (Å²) in [6, 6.07) is 2.01. The zero-order valence-electron chi connectivity index (χ0n) is 19.9. The minimum Gasteiger partial charge on any atom is -0.356 e. The molecule has 1 N–H and O–H groups in total. The summed E-state index contributed by atoms with van der Waals surface area (Å²) in [6.07, 6.45) is 14.5. The Hall–Kier alpha value is -2.74. The number of fused-ring (bicyclic) bond motifs is 2. The summed E-state index contributed by atoms with van der Waals surface area (Å²) in [7, 11) is 0. The molecule has 8 heteroatoms. The molecule has 0 spiro atoms. The summed E-state index contributed by atoms with van der Waals surface area (Å²) in [5.74, 6) is 2.76. The van der Waals surface area contributed by atoms with E-state index in [0.29, 0.717) is 5.65 Å². The van der Waals surface area contributed by atoms with Gasteiger partial charge in [0, 0.05) is 42.3 Å². The lowest BCUT2D eigenvalue weighted by atomic mass is 9.80.